The number of carbonyl (C=O) groups excluding carboxylic acids is 1. The van der Waals surface area contributed by atoms with Gasteiger partial charge >= 0.3 is 0 Å². The molecule has 3 N–H and O–H groups in total. The van der Waals surface area contributed by atoms with Crippen molar-refractivity contribution in [2.24, 2.45) is 0 Å². The third kappa shape index (κ3) is 2.75. The van der Waals surface area contributed by atoms with Crippen molar-refractivity contribution in [3.63, 3.8) is 0 Å². The number of carbonyl (C=O) groups is 1. The summed E-state index contributed by atoms with van der Waals surface area (Å²) >= 11 is 0. The summed E-state index contributed by atoms with van der Waals surface area (Å²) in [6.45, 7) is 1.84. The van der Waals surface area contributed by atoms with Crippen LogP contribution >= 0.6 is 0 Å². The predicted octanol–water partition coefficient (Wildman–Crippen LogP) is 2.84. The molecular formula is C15H12FN3O. The first-order valence-electron chi connectivity index (χ1n) is 5.88. The molecule has 4 nitrogen and oxygen atoms in total. The number of amides is 1. The van der Waals surface area contributed by atoms with Gasteiger partial charge in [-0.3, -0.25) is 4.79 Å². The number of rotatable bonds is 2. The van der Waals surface area contributed by atoms with Gasteiger partial charge in [0.05, 0.1) is 16.8 Å². The minimum Gasteiger partial charge on any atom is -0.398 e. The smallest absolute Gasteiger partial charge is 0.257 e. The van der Waals surface area contributed by atoms with Gasteiger partial charge in [-0.2, -0.15) is 5.26 Å². The van der Waals surface area contributed by atoms with Gasteiger partial charge in [-0.05, 0) is 37.3 Å². The van der Waals surface area contributed by atoms with Crippen molar-refractivity contribution < 1.29 is 9.18 Å². The first-order chi connectivity index (χ1) is 9.51. The Bertz CT molecular complexity index is 720. The van der Waals surface area contributed by atoms with E-state index in [1.54, 1.807) is 18.2 Å². The minimum absolute atomic E-state index is 0.0598. The standard InChI is InChI=1S/C15H12FN3O/c1-9-2-4-13(18)12(6-9)15(20)19-14-5-3-11(16)7-10(14)8-17/h2-7H,18H2,1H3,(H,19,20). The summed E-state index contributed by atoms with van der Waals surface area (Å²) in [4.78, 5) is 12.1. The fraction of sp³-hybridized carbons (Fsp3) is 0.0667. The molecule has 0 aromatic heterocycles. The number of nitriles is 1. The van der Waals surface area contributed by atoms with E-state index in [1.807, 2.05) is 13.0 Å². The van der Waals surface area contributed by atoms with Crippen LogP contribution in [-0.4, -0.2) is 5.91 Å². The molecule has 0 fully saturated rings. The fourth-order valence-electron chi connectivity index (χ4n) is 1.77. The highest BCUT2D eigenvalue weighted by Gasteiger charge is 2.12. The Morgan fingerprint density at radius 3 is 2.75 bits per heavy atom. The van der Waals surface area contributed by atoms with E-state index in [4.69, 9.17) is 11.0 Å². The zero-order valence-electron chi connectivity index (χ0n) is 10.8. The Hall–Kier alpha value is -2.87. The number of hydrogen-bond donors (Lipinski definition) is 2. The van der Waals surface area contributed by atoms with E-state index >= 15 is 0 Å². The molecule has 0 radical (unpaired) electrons. The third-order valence-corrected chi connectivity index (χ3v) is 2.80. The second-order valence-electron chi connectivity index (χ2n) is 4.35. The van der Waals surface area contributed by atoms with Crippen LogP contribution in [0.25, 0.3) is 0 Å². The van der Waals surface area contributed by atoms with E-state index in [9.17, 15) is 9.18 Å². The van der Waals surface area contributed by atoms with Crippen LogP contribution in [0.3, 0.4) is 0 Å². The van der Waals surface area contributed by atoms with Crippen molar-refractivity contribution in [3.05, 3.63) is 58.9 Å². The molecular weight excluding hydrogens is 257 g/mol. The molecule has 2 aromatic carbocycles. The molecule has 0 atom stereocenters. The normalized spacial score (nSPS) is 9.85. The van der Waals surface area contributed by atoms with Crippen LogP contribution < -0.4 is 11.1 Å². The van der Waals surface area contributed by atoms with Crippen molar-refractivity contribution in [3.8, 4) is 6.07 Å². The lowest BCUT2D eigenvalue weighted by molar-refractivity contribution is 0.102. The maximum absolute atomic E-state index is 13.0. The maximum Gasteiger partial charge on any atom is 0.257 e. The molecule has 5 heteroatoms. The van der Waals surface area contributed by atoms with Gasteiger partial charge in [-0.1, -0.05) is 11.6 Å². The van der Waals surface area contributed by atoms with Gasteiger partial charge in [-0.15, -0.1) is 0 Å². The van der Waals surface area contributed by atoms with Gasteiger partial charge in [0.1, 0.15) is 11.9 Å². The van der Waals surface area contributed by atoms with Crippen molar-refractivity contribution in [2.75, 3.05) is 11.1 Å². The van der Waals surface area contributed by atoms with E-state index in [-0.39, 0.29) is 11.3 Å². The molecule has 20 heavy (non-hydrogen) atoms. The van der Waals surface area contributed by atoms with E-state index in [0.717, 1.165) is 11.6 Å². The van der Waals surface area contributed by atoms with Crippen LogP contribution in [0.5, 0.6) is 0 Å². The second-order valence-corrected chi connectivity index (χ2v) is 4.35. The molecule has 0 aliphatic carbocycles. The number of anilines is 2. The highest BCUT2D eigenvalue weighted by molar-refractivity contribution is 6.08. The largest absolute Gasteiger partial charge is 0.398 e. The van der Waals surface area contributed by atoms with Crippen molar-refractivity contribution in [2.45, 2.75) is 6.92 Å². The average Bonchev–Trinajstić information content (AvgIpc) is 2.43. The number of nitrogen functional groups attached to an aromatic ring is 1. The number of nitrogens with zero attached hydrogens (tertiary/aromatic N) is 1. The molecule has 1 amide bonds. The minimum atomic E-state index is -0.533. The summed E-state index contributed by atoms with van der Waals surface area (Å²) in [7, 11) is 0. The summed E-state index contributed by atoms with van der Waals surface area (Å²) < 4.78 is 13.0. The van der Waals surface area contributed by atoms with Crippen LogP contribution in [0.15, 0.2) is 36.4 Å². The summed E-state index contributed by atoms with van der Waals surface area (Å²) in [5.41, 5.74) is 7.61. The molecule has 0 saturated heterocycles. The van der Waals surface area contributed by atoms with E-state index < -0.39 is 11.7 Å². The molecule has 0 bridgehead atoms. The SMILES string of the molecule is Cc1ccc(N)c(C(=O)Nc2ccc(F)cc2C#N)c1. The van der Waals surface area contributed by atoms with Gasteiger partial charge in [0.15, 0.2) is 0 Å². The monoisotopic (exact) mass is 269 g/mol. The molecule has 0 heterocycles. The van der Waals surface area contributed by atoms with Crippen LogP contribution in [0, 0.1) is 24.1 Å². The lowest BCUT2D eigenvalue weighted by Crippen LogP contribution is -2.15. The Labute approximate surface area is 115 Å². The zero-order valence-corrected chi connectivity index (χ0v) is 10.8. The second kappa shape index (κ2) is 5.41. The highest BCUT2D eigenvalue weighted by Crippen LogP contribution is 2.19. The summed E-state index contributed by atoms with van der Waals surface area (Å²) in [6.07, 6.45) is 0. The third-order valence-electron chi connectivity index (χ3n) is 2.80. The van der Waals surface area contributed by atoms with Gasteiger partial charge in [0.25, 0.3) is 5.91 Å². The molecule has 0 saturated carbocycles. The zero-order chi connectivity index (χ0) is 14.7. The first kappa shape index (κ1) is 13.6. The van der Waals surface area contributed by atoms with Crippen LogP contribution in [0.4, 0.5) is 15.8 Å². The number of benzene rings is 2. The lowest BCUT2D eigenvalue weighted by Gasteiger charge is -2.09. The number of halogens is 1. The molecule has 2 rings (SSSR count). The van der Waals surface area contributed by atoms with E-state index in [1.165, 1.54) is 12.1 Å². The Morgan fingerprint density at radius 1 is 1.30 bits per heavy atom. The molecule has 0 unspecified atom stereocenters. The Morgan fingerprint density at radius 2 is 2.05 bits per heavy atom. The molecule has 0 aliphatic heterocycles. The summed E-state index contributed by atoms with van der Waals surface area (Å²) in [5.74, 6) is -0.969. The van der Waals surface area contributed by atoms with Crippen molar-refractivity contribution in [1.29, 1.82) is 5.26 Å². The highest BCUT2D eigenvalue weighted by atomic mass is 19.1. The Balaban J connectivity index is 2.33. The summed E-state index contributed by atoms with van der Waals surface area (Å²) in [6, 6.07) is 10.5. The fourth-order valence-corrected chi connectivity index (χ4v) is 1.77. The van der Waals surface area contributed by atoms with Crippen LogP contribution in [-0.2, 0) is 0 Å². The molecule has 2 aromatic rings. The first-order valence-corrected chi connectivity index (χ1v) is 5.88. The maximum atomic E-state index is 13.0. The number of nitrogens with two attached hydrogens (primary N) is 1. The predicted molar refractivity (Wildman–Crippen MR) is 74.7 cm³/mol. The summed E-state index contributed by atoms with van der Waals surface area (Å²) in [5, 5.41) is 11.5. The van der Waals surface area contributed by atoms with Crippen molar-refractivity contribution in [1.82, 2.24) is 0 Å². The quantitative estimate of drug-likeness (QED) is 0.823. The van der Waals surface area contributed by atoms with E-state index in [0.29, 0.717) is 11.3 Å². The number of nitrogens with one attached hydrogen (secondary N) is 1. The van der Waals surface area contributed by atoms with E-state index in [2.05, 4.69) is 5.32 Å². The molecule has 100 valence electrons. The lowest BCUT2D eigenvalue weighted by atomic mass is 10.1. The van der Waals surface area contributed by atoms with Gasteiger partial charge in [-0.25, -0.2) is 4.39 Å². The molecule has 0 aliphatic rings. The van der Waals surface area contributed by atoms with Gasteiger partial charge in [0.2, 0.25) is 0 Å². The molecule has 0 spiro atoms. The number of hydrogen-bond acceptors (Lipinski definition) is 3. The van der Waals surface area contributed by atoms with Gasteiger partial charge in [0, 0.05) is 5.69 Å². The Kier molecular flexibility index (Phi) is 3.67. The van der Waals surface area contributed by atoms with Crippen LogP contribution in [0.2, 0.25) is 0 Å². The van der Waals surface area contributed by atoms with Crippen molar-refractivity contribution >= 4 is 17.3 Å². The number of aryl methyl sites for hydroxylation is 1. The van der Waals surface area contributed by atoms with Gasteiger partial charge < -0.3 is 11.1 Å². The average molecular weight is 269 g/mol. The topological polar surface area (TPSA) is 78.9 Å². The van der Waals surface area contributed by atoms with Crippen LogP contribution in [0.1, 0.15) is 21.5 Å².